The third-order valence-corrected chi connectivity index (χ3v) is 6.05. The molecule has 1 N–H and O–H groups in total. The molecule has 4 nitrogen and oxygen atoms in total. The lowest BCUT2D eigenvalue weighted by Crippen LogP contribution is -2.16. The molecule has 32 heavy (non-hydrogen) atoms. The molecule has 1 unspecified atom stereocenters. The molecule has 2 aromatic heterocycles. The Labute approximate surface area is 191 Å². The first-order valence-corrected chi connectivity index (χ1v) is 10.9. The summed E-state index contributed by atoms with van der Waals surface area (Å²) in [4.78, 5) is 17.8. The number of nitrogens with zero attached hydrogens (tertiary/aromatic N) is 2. The number of pyridine rings is 1. The van der Waals surface area contributed by atoms with Crippen LogP contribution in [0.2, 0.25) is 5.02 Å². The minimum Gasteiger partial charge on any atom is -0.350 e. The van der Waals surface area contributed by atoms with Crippen molar-refractivity contribution in [1.82, 2.24) is 9.55 Å². The van der Waals surface area contributed by atoms with Crippen molar-refractivity contribution in [2.75, 3.05) is 5.32 Å². The molecule has 5 heteroatoms. The molecule has 0 bridgehead atoms. The van der Waals surface area contributed by atoms with Crippen molar-refractivity contribution in [3.05, 3.63) is 107 Å². The van der Waals surface area contributed by atoms with Crippen LogP contribution in [0.3, 0.4) is 0 Å². The number of benzene rings is 3. The van der Waals surface area contributed by atoms with Crippen LogP contribution < -0.4 is 5.32 Å². The van der Waals surface area contributed by atoms with Gasteiger partial charge in [0.05, 0.1) is 5.52 Å². The Bertz CT molecular complexity index is 1440. The highest BCUT2D eigenvalue weighted by Crippen LogP contribution is 2.35. The van der Waals surface area contributed by atoms with Gasteiger partial charge in [0.2, 0.25) is 5.91 Å². The van der Waals surface area contributed by atoms with Gasteiger partial charge in [-0.1, -0.05) is 54.1 Å². The van der Waals surface area contributed by atoms with Crippen molar-refractivity contribution in [1.29, 1.82) is 0 Å². The fourth-order valence-electron chi connectivity index (χ4n) is 4.30. The summed E-state index contributed by atoms with van der Waals surface area (Å²) >= 11 is 6.09. The van der Waals surface area contributed by atoms with Crippen LogP contribution >= 0.6 is 11.6 Å². The molecule has 0 saturated heterocycles. The number of anilines is 1. The molecule has 0 aliphatic carbocycles. The lowest BCUT2D eigenvalue weighted by atomic mass is 9.88. The van der Waals surface area contributed by atoms with Gasteiger partial charge in [0.15, 0.2) is 0 Å². The Morgan fingerprint density at radius 3 is 2.72 bits per heavy atom. The van der Waals surface area contributed by atoms with Crippen LogP contribution in [-0.2, 0) is 11.8 Å². The van der Waals surface area contributed by atoms with Gasteiger partial charge in [0.1, 0.15) is 0 Å². The number of hydrogen-bond donors (Lipinski definition) is 1. The zero-order valence-corrected chi connectivity index (χ0v) is 18.4. The molecule has 5 rings (SSSR count). The van der Waals surface area contributed by atoms with Gasteiger partial charge in [-0.3, -0.25) is 9.78 Å². The third kappa shape index (κ3) is 3.97. The van der Waals surface area contributed by atoms with Crippen molar-refractivity contribution in [3.8, 4) is 0 Å². The molecule has 0 fully saturated rings. The SMILES string of the molecule is Cn1cc(C(CC(=O)Nc2cccc(Cl)c2)c2cnc3ccccc3c2)c2ccccc21. The Morgan fingerprint density at radius 1 is 1.03 bits per heavy atom. The first-order chi connectivity index (χ1) is 15.6. The minimum atomic E-state index is -0.141. The number of aromatic nitrogens is 2. The molecular formula is C27H22ClN3O. The molecule has 0 saturated carbocycles. The largest absolute Gasteiger partial charge is 0.350 e. The number of halogens is 1. The molecule has 0 aliphatic heterocycles. The number of rotatable bonds is 5. The van der Waals surface area contributed by atoms with Gasteiger partial charge in [-0.15, -0.1) is 0 Å². The topological polar surface area (TPSA) is 46.9 Å². The summed E-state index contributed by atoms with van der Waals surface area (Å²) in [5.74, 6) is -0.212. The van der Waals surface area contributed by atoms with E-state index in [1.165, 1.54) is 0 Å². The predicted octanol–water partition coefficient (Wildman–Crippen LogP) is 6.54. The molecule has 1 amide bonds. The van der Waals surface area contributed by atoms with E-state index in [1.54, 1.807) is 12.1 Å². The molecule has 158 valence electrons. The molecular weight excluding hydrogens is 418 g/mol. The second-order valence-electron chi connectivity index (χ2n) is 7.99. The fraction of sp³-hybridized carbons (Fsp3) is 0.111. The summed E-state index contributed by atoms with van der Waals surface area (Å²) in [5, 5.41) is 5.79. The highest BCUT2D eigenvalue weighted by molar-refractivity contribution is 6.30. The summed E-state index contributed by atoms with van der Waals surface area (Å²) in [6.45, 7) is 0. The van der Waals surface area contributed by atoms with E-state index in [2.05, 4.69) is 45.3 Å². The van der Waals surface area contributed by atoms with Crippen LogP contribution in [0.25, 0.3) is 21.8 Å². The Balaban J connectivity index is 1.57. The highest BCUT2D eigenvalue weighted by Gasteiger charge is 2.23. The first kappa shape index (κ1) is 20.3. The molecule has 3 aromatic carbocycles. The van der Waals surface area contributed by atoms with E-state index in [4.69, 9.17) is 11.6 Å². The van der Waals surface area contributed by atoms with Crippen molar-refractivity contribution in [2.24, 2.45) is 7.05 Å². The number of carbonyl (C=O) groups is 1. The van der Waals surface area contributed by atoms with Gasteiger partial charge in [-0.2, -0.15) is 0 Å². The summed E-state index contributed by atoms with van der Waals surface area (Å²) in [6, 6.07) is 25.7. The van der Waals surface area contributed by atoms with Crippen molar-refractivity contribution in [2.45, 2.75) is 12.3 Å². The molecule has 5 aromatic rings. The molecule has 0 aliphatic rings. The molecule has 1 atom stereocenters. The number of para-hydroxylation sites is 2. The second-order valence-corrected chi connectivity index (χ2v) is 8.43. The van der Waals surface area contributed by atoms with E-state index >= 15 is 0 Å². The number of aryl methyl sites for hydroxylation is 1. The smallest absolute Gasteiger partial charge is 0.225 e. The molecule has 0 spiro atoms. The number of amides is 1. The Morgan fingerprint density at radius 2 is 1.84 bits per heavy atom. The van der Waals surface area contributed by atoms with E-state index < -0.39 is 0 Å². The number of fused-ring (bicyclic) bond motifs is 2. The van der Waals surface area contributed by atoms with E-state index in [9.17, 15) is 4.79 Å². The molecule has 2 heterocycles. The van der Waals surface area contributed by atoms with Gasteiger partial charge in [-0.25, -0.2) is 0 Å². The Kier molecular flexibility index (Phi) is 5.38. The monoisotopic (exact) mass is 439 g/mol. The van der Waals surface area contributed by atoms with Crippen LogP contribution in [0, 0.1) is 0 Å². The maximum Gasteiger partial charge on any atom is 0.225 e. The number of carbonyl (C=O) groups excluding carboxylic acids is 1. The Hall–Kier alpha value is -3.63. The first-order valence-electron chi connectivity index (χ1n) is 10.5. The normalized spacial score (nSPS) is 12.2. The van der Waals surface area contributed by atoms with Crippen LogP contribution in [0.5, 0.6) is 0 Å². The van der Waals surface area contributed by atoms with Crippen molar-refractivity contribution < 1.29 is 4.79 Å². The van der Waals surface area contributed by atoms with Gasteiger partial charge in [-0.05, 0) is 47.5 Å². The maximum absolute atomic E-state index is 13.1. The predicted molar refractivity (Wildman–Crippen MR) is 131 cm³/mol. The number of nitrogens with one attached hydrogen (secondary N) is 1. The van der Waals surface area contributed by atoms with Crippen LogP contribution in [0.15, 0.2) is 91.3 Å². The summed E-state index contributed by atoms with van der Waals surface area (Å²) < 4.78 is 2.11. The zero-order valence-electron chi connectivity index (χ0n) is 17.6. The number of hydrogen-bond acceptors (Lipinski definition) is 2. The van der Waals surface area contributed by atoms with Gasteiger partial charge in [0, 0.05) is 58.8 Å². The van der Waals surface area contributed by atoms with Crippen molar-refractivity contribution in [3.63, 3.8) is 0 Å². The van der Waals surface area contributed by atoms with Crippen LogP contribution in [0.4, 0.5) is 5.69 Å². The van der Waals surface area contributed by atoms with E-state index in [-0.39, 0.29) is 11.8 Å². The summed E-state index contributed by atoms with van der Waals surface area (Å²) in [7, 11) is 2.04. The van der Waals surface area contributed by atoms with Crippen LogP contribution in [-0.4, -0.2) is 15.5 Å². The second kappa shape index (κ2) is 8.48. The average Bonchev–Trinajstić information content (AvgIpc) is 3.14. The standard InChI is InChI=1S/C27H22ClN3O/c1-31-17-24(22-10-3-5-12-26(22)31)23(15-27(32)30-21-9-6-8-20(28)14-21)19-13-18-7-2-4-11-25(18)29-16-19/h2-14,16-17,23H,15H2,1H3,(H,30,32). The van der Waals surface area contributed by atoms with Gasteiger partial charge < -0.3 is 9.88 Å². The lowest BCUT2D eigenvalue weighted by Gasteiger charge is -2.18. The third-order valence-electron chi connectivity index (χ3n) is 5.82. The van der Waals surface area contributed by atoms with E-state index in [0.29, 0.717) is 17.1 Å². The van der Waals surface area contributed by atoms with Crippen LogP contribution in [0.1, 0.15) is 23.5 Å². The zero-order chi connectivity index (χ0) is 22.1. The average molecular weight is 440 g/mol. The van der Waals surface area contributed by atoms with Crippen molar-refractivity contribution >= 4 is 45.0 Å². The quantitative estimate of drug-likeness (QED) is 0.338. The highest BCUT2D eigenvalue weighted by atomic mass is 35.5. The van der Waals surface area contributed by atoms with E-state index in [1.807, 2.05) is 55.7 Å². The lowest BCUT2D eigenvalue weighted by molar-refractivity contribution is -0.116. The van der Waals surface area contributed by atoms with Gasteiger partial charge in [0.25, 0.3) is 0 Å². The fourth-order valence-corrected chi connectivity index (χ4v) is 4.49. The summed E-state index contributed by atoms with van der Waals surface area (Å²) in [5.41, 5.74) is 4.89. The summed E-state index contributed by atoms with van der Waals surface area (Å²) in [6.07, 6.45) is 4.30. The maximum atomic E-state index is 13.1. The van der Waals surface area contributed by atoms with Gasteiger partial charge >= 0.3 is 0 Å². The van der Waals surface area contributed by atoms with E-state index in [0.717, 1.165) is 32.9 Å². The minimum absolute atomic E-state index is 0.0710. The molecule has 0 radical (unpaired) electrons.